The zero-order valence-corrected chi connectivity index (χ0v) is 67.8. The molecule has 0 saturated heterocycles. The van der Waals surface area contributed by atoms with Crippen LogP contribution in [-0.4, -0.2) is 69.0 Å². The lowest BCUT2D eigenvalue weighted by Gasteiger charge is -2.53. The predicted octanol–water partition coefficient (Wildman–Crippen LogP) is 29.9. The van der Waals surface area contributed by atoms with Gasteiger partial charge in [0.05, 0.1) is 39.6 Å². The summed E-state index contributed by atoms with van der Waals surface area (Å²) in [5.41, 5.74) is 0. The van der Waals surface area contributed by atoms with Crippen LogP contribution in [-0.2, 0) is 28.4 Å². The molecular formula is C89H181NO7. The van der Waals surface area contributed by atoms with Crippen molar-refractivity contribution in [3.63, 3.8) is 0 Å². The number of hydrogen-bond acceptors (Lipinski definition) is 8. The van der Waals surface area contributed by atoms with Gasteiger partial charge in [0, 0.05) is 6.54 Å². The van der Waals surface area contributed by atoms with Crippen molar-refractivity contribution in [1.82, 2.24) is 5.32 Å². The van der Waals surface area contributed by atoms with Crippen LogP contribution >= 0.6 is 0 Å². The summed E-state index contributed by atoms with van der Waals surface area (Å²) in [6.45, 7) is 19.2. The van der Waals surface area contributed by atoms with Crippen LogP contribution in [0.1, 0.15) is 511 Å². The average Bonchev–Trinajstić information content (AvgIpc) is 0.730. The molecule has 0 atom stereocenters. The van der Waals surface area contributed by atoms with Crippen molar-refractivity contribution in [3.05, 3.63) is 0 Å². The van der Waals surface area contributed by atoms with E-state index in [1.807, 2.05) is 0 Å². The van der Waals surface area contributed by atoms with Gasteiger partial charge in [-0.2, -0.15) is 0 Å². The summed E-state index contributed by atoms with van der Waals surface area (Å²) in [6.07, 6.45) is 89.3. The van der Waals surface area contributed by atoms with Gasteiger partial charge in [-0.25, -0.2) is 0 Å². The molecule has 0 spiro atoms. The van der Waals surface area contributed by atoms with Crippen LogP contribution in [0.5, 0.6) is 0 Å². The highest BCUT2D eigenvalue weighted by molar-refractivity contribution is 4.96. The Bertz CT molecular complexity index is 1350. The number of hydrogen-bond donors (Lipinski definition) is 2. The zero-order valence-electron chi connectivity index (χ0n) is 67.8. The molecule has 0 aliphatic heterocycles. The molecule has 0 heterocycles. The molecule has 97 heavy (non-hydrogen) atoms. The minimum Gasteiger partial charge on any atom is -0.339 e. The Kier molecular flexibility index (Phi) is 79.5. The Balaban J connectivity index is 7.85. The summed E-state index contributed by atoms with van der Waals surface area (Å²) >= 11 is 0. The second-order valence-corrected chi connectivity index (χ2v) is 30.8. The summed E-state index contributed by atoms with van der Waals surface area (Å²) in [4.78, 5) is 0. The molecule has 2 N–H and O–H groups in total. The van der Waals surface area contributed by atoms with Gasteiger partial charge < -0.3 is 33.5 Å². The molecule has 0 aromatic heterocycles. The number of nitrogens with one attached hydrogen (secondary N) is 1. The fourth-order valence-corrected chi connectivity index (χ4v) is 14.3. The topological polar surface area (TPSA) is 87.6 Å². The van der Waals surface area contributed by atoms with E-state index in [0.717, 1.165) is 89.9 Å². The average molecular weight is 1380 g/mol. The van der Waals surface area contributed by atoms with Crippen LogP contribution in [0.4, 0.5) is 0 Å². The van der Waals surface area contributed by atoms with E-state index < -0.39 is 17.7 Å². The first kappa shape index (κ1) is 96.7. The van der Waals surface area contributed by atoms with Crippen LogP contribution in [0.3, 0.4) is 0 Å². The van der Waals surface area contributed by atoms with Crippen LogP contribution in [0, 0.1) is 0 Å². The molecule has 0 aliphatic rings. The van der Waals surface area contributed by atoms with Crippen molar-refractivity contribution in [2.45, 2.75) is 528 Å². The molecule has 8 heteroatoms. The molecule has 0 radical (unpaired) electrons. The lowest BCUT2D eigenvalue weighted by molar-refractivity contribution is -0.551. The lowest BCUT2D eigenvalue weighted by atomic mass is 10.0. The number of rotatable bonds is 88. The van der Waals surface area contributed by atoms with Gasteiger partial charge in [-0.15, -0.1) is 0 Å². The van der Waals surface area contributed by atoms with Crippen molar-refractivity contribution in [2.75, 3.05) is 46.2 Å². The number of aliphatic hydroxyl groups is 1. The first-order valence-corrected chi connectivity index (χ1v) is 45.2. The van der Waals surface area contributed by atoms with Gasteiger partial charge in [0.2, 0.25) is 0 Å². The first-order valence-electron chi connectivity index (χ1n) is 45.2. The summed E-state index contributed by atoms with van der Waals surface area (Å²) in [5.74, 6) is -6.05. The van der Waals surface area contributed by atoms with Crippen molar-refractivity contribution in [3.8, 4) is 0 Å². The highest BCUT2D eigenvalue weighted by atomic mass is 16.9. The third-order valence-electron chi connectivity index (χ3n) is 21.0. The molecule has 0 aromatic carbocycles. The summed E-state index contributed by atoms with van der Waals surface area (Å²) in [6, 6.07) is 0. The molecule has 0 bridgehead atoms. The Morgan fingerprint density at radius 1 is 0.175 bits per heavy atom. The van der Waals surface area contributed by atoms with E-state index in [2.05, 4.69) is 53.8 Å². The number of ether oxygens (including phenoxy) is 6. The van der Waals surface area contributed by atoms with Crippen LogP contribution in [0.2, 0.25) is 0 Å². The van der Waals surface area contributed by atoms with E-state index in [0.29, 0.717) is 46.2 Å². The van der Waals surface area contributed by atoms with Gasteiger partial charge in [-0.3, -0.25) is 5.32 Å². The molecule has 0 aromatic rings. The van der Waals surface area contributed by atoms with Crippen molar-refractivity contribution >= 4 is 0 Å². The van der Waals surface area contributed by atoms with E-state index in [1.54, 1.807) is 0 Å². The van der Waals surface area contributed by atoms with E-state index in [4.69, 9.17) is 28.4 Å². The second-order valence-electron chi connectivity index (χ2n) is 30.8. The largest absolute Gasteiger partial charge is 0.345 e. The molecule has 584 valence electrons. The van der Waals surface area contributed by atoms with Crippen LogP contribution in [0.15, 0.2) is 0 Å². The fraction of sp³-hybridized carbons (Fsp3) is 1.00. The Labute approximate surface area is 610 Å². The summed E-state index contributed by atoms with van der Waals surface area (Å²) in [5, 5.41) is 18.4. The SMILES string of the molecule is CCCCCCCCCCCCCCNC(OCCCCCCCCCCCC)(OCCCCCCCCCCCC)C(OCCCCCCCCCCCC)(OCCCCCCCCCCCC)C(O)(OCCCCCCCCCCCC)OCCCCCCCCCCCC. The van der Waals surface area contributed by atoms with Crippen molar-refractivity contribution in [2.24, 2.45) is 0 Å². The molecule has 0 rings (SSSR count). The molecule has 0 amide bonds. The quantitative estimate of drug-likeness (QED) is 0.0460. The van der Waals surface area contributed by atoms with Crippen LogP contribution < -0.4 is 5.32 Å². The molecule has 0 aliphatic carbocycles. The monoisotopic (exact) mass is 1380 g/mol. The lowest BCUT2D eigenvalue weighted by Crippen LogP contribution is -2.79. The van der Waals surface area contributed by atoms with Gasteiger partial charge in [0.15, 0.2) is 0 Å². The minimum atomic E-state index is -2.33. The molecule has 0 fully saturated rings. The van der Waals surface area contributed by atoms with E-state index in [9.17, 15) is 5.11 Å². The normalized spacial score (nSPS) is 12.4. The molecule has 8 nitrogen and oxygen atoms in total. The molecular weight excluding hydrogens is 1190 g/mol. The van der Waals surface area contributed by atoms with E-state index in [1.165, 1.54) is 372 Å². The van der Waals surface area contributed by atoms with E-state index in [-0.39, 0.29) is 0 Å². The second kappa shape index (κ2) is 79.8. The maximum absolute atomic E-state index is 14.3. The Hall–Kier alpha value is -0.320. The van der Waals surface area contributed by atoms with Gasteiger partial charge >= 0.3 is 11.8 Å². The zero-order chi connectivity index (χ0) is 70.3. The van der Waals surface area contributed by atoms with E-state index >= 15 is 0 Å². The maximum Gasteiger partial charge on any atom is 0.345 e. The molecule has 0 unspecified atom stereocenters. The standard InChI is InChI=1S/C89H181NO7/c1-8-15-22-29-36-43-50-51-52-59-66-73-80-90-88(94-83-76-69-62-55-46-39-32-25-18-11-4,95-84-77-70-63-56-47-40-33-26-19-12-5)87(92-81-74-67-60-53-44-37-30-23-16-9-2,93-82-75-68-61-54-45-38-31-24-17-10-3)89(91,96-85-78-71-64-57-48-41-34-27-20-13-6)97-86-79-72-65-58-49-42-35-28-21-14-7/h90-91H,8-86H2,1-7H3. The van der Waals surface area contributed by atoms with Gasteiger partial charge in [0.1, 0.15) is 0 Å². The van der Waals surface area contributed by atoms with Gasteiger partial charge in [0.25, 0.3) is 5.91 Å². The fourth-order valence-electron chi connectivity index (χ4n) is 14.3. The van der Waals surface area contributed by atoms with Crippen molar-refractivity contribution in [1.29, 1.82) is 0 Å². The molecule has 0 saturated carbocycles. The maximum atomic E-state index is 14.3. The highest BCUT2D eigenvalue weighted by Gasteiger charge is 2.72. The number of unbranched alkanes of at least 4 members (excludes halogenated alkanes) is 65. The van der Waals surface area contributed by atoms with Gasteiger partial charge in [-0.1, -0.05) is 466 Å². The smallest absolute Gasteiger partial charge is 0.339 e. The Morgan fingerprint density at radius 3 is 0.505 bits per heavy atom. The predicted molar refractivity (Wildman–Crippen MR) is 426 cm³/mol. The summed E-state index contributed by atoms with van der Waals surface area (Å²) in [7, 11) is 0. The first-order chi connectivity index (χ1) is 47.9. The third-order valence-corrected chi connectivity index (χ3v) is 21.0. The van der Waals surface area contributed by atoms with Crippen LogP contribution in [0.25, 0.3) is 0 Å². The highest BCUT2D eigenvalue weighted by Crippen LogP contribution is 2.44. The third kappa shape index (κ3) is 60.6. The minimum absolute atomic E-state index is 0.335. The Morgan fingerprint density at radius 2 is 0.320 bits per heavy atom. The summed E-state index contributed by atoms with van der Waals surface area (Å²) < 4.78 is 44.9. The van der Waals surface area contributed by atoms with Gasteiger partial charge in [-0.05, 0) is 44.9 Å². The van der Waals surface area contributed by atoms with Crippen molar-refractivity contribution < 1.29 is 33.5 Å².